The molecule has 2 heteroatoms. The second kappa shape index (κ2) is 5.27. The zero-order valence-corrected chi connectivity index (χ0v) is 11.0. The van der Waals surface area contributed by atoms with Crippen molar-refractivity contribution in [3.05, 3.63) is 54.4 Å². The molecule has 0 unspecified atom stereocenters. The summed E-state index contributed by atoms with van der Waals surface area (Å²) >= 11 is 0. The van der Waals surface area contributed by atoms with Gasteiger partial charge in [-0.25, -0.2) is 0 Å². The van der Waals surface area contributed by atoms with Crippen molar-refractivity contribution in [3.8, 4) is 11.1 Å². The summed E-state index contributed by atoms with van der Waals surface area (Å²) in [6.45, 7) is 0. The van der Waals surface area contributed by atoms with Crippen LogP contribution in [-0.4, -0.2) is 4.98 Å². The van der Waals surface area contributed by atoms with Crippen molar-refractivity contribution < 1.29 is 0 Å². The van der Waals surface area contributed by atoms with E-state index in [0.717, 1.165) is 17.7 Å². The van der Waals surface area contributed by atoms with E-state index in [1.165, 1.54) is 36.0 Å². The molecule has 0 aliphatic heterocycles. The summed E-state index contributed by atoms with van der Waals surface area (Å²) in [5, 5.41) is 0. The highest BCUT2D eigenvalue weighted by atomic mass is 14.6. The third-order valence-electron chi connectivity index (χ3n) is 3.69. The van der Waals surface area contributed by atoms with Crippen LogP contribution in [0.3, 0.4) is 0 Å². The van der Waals surface area contributed by atoms with Gasteiger partial charge >= 0.3 is 0 Å². The average molecular weight is 250 g/mol. The molecule has 19 heavy (non-hydrogen) atoms. The Labute approximate surface area is 114 Å². The van der Waals surface area contributed by atoms with Gasteiger partial charge in [-0.15, -0.1) is 0 Å². The standard InChI is InChI=1S/C17H18N2/c18-17-9-8-14(15-7-4-10-19-12-15)11-16(17)13-5-2-1-3-6-13/h4-5,7-12H,1-3,6,18H2. The number of nitrogen functional groups attached to an aromatic ring is 1. The Morgan fingerprint density at radius 3 is 2.74 bits per heavy atom. The normalized spacial score (nSPS) is 15.1. The molecule has 1 heterocycles. The Hall–Kier alpha value is -2.09. The minimum absolute atomic E-state index is 0.876. The largest absolute Gasteiger partial charge is 0.398 e. The van der Waals surface area contributed by atoms with E-state index in [0.29, 0.717) is 0 Å². The Bertz CT molecular complexity index is 600. The molecule has 0 bridgehead atoms. The molecular formula is C17H18N2. The van der Waals surface area contributed by atoms with Gasteiger partial charge in [-0.1, -0.05) is 18.2 Å². The average Bonchev–Trinajstić information content (AvgIpc) is 2.49. The zero-order chi connectivity index (χ0) is 13.1. The zero-order valence-electron chi connectivity index (χ0n) is 11.0. The van der Waals surface area contributed by atoms with Gasteiger partial charge in [0.15, 0.2) is 0 Å². The SMILES string of the molecule is Nc1ccc(-c2cccnc2)cc1C1=CCCCC1. The van der Waals surface area contributed by atoms with Gasteiger partial charge in [0.25, 0.3) is 0 Å². The molecule has 1 aromatic heterocycles. The summed E-state index contributed by atoms with van der Waals surface area (Å²) < 4.78 is 0. The molecular weight excluding hydrogens is 232 g/mol. The molecule has 2 aromatic rings. The lowest BCUT2D eigenvalue weighted by molar-refractivity contribution is 0.742. The fraction of sp³-hybridized carbons (Fsp3) is 0.235. The Morgan fingerprint density at radius 2 is 2.00 bits per heavy atom. The molecule has 1 aliphatic rings. The quantitative estimate of drug-likeness (QED) is 0.807. The van der Waals surface area contributed by atoms with Gasteiger partial charge in [-0.3, -0.25) is 4.98 Å². The van der Waals surface area contributed by atoms with Gasteiger partial charge in [0.05, 0.1) is 0 Å². The van der Waals surface area contributed by atoms with Crippen LogP contribution in [0.15, 0.2) is 48.8 Å². The topological polar surface area (TPSA) is 38.9 Å². The summed E-state index contributed by atoms with van der Waals surface area (Å²) in [7, 11) is 0. The molecule has 0 saturated heterocycles. The van der Waals surface area contributed by atoms with Crippen molar-refractivity contribution in [3.63, 3.8) is 0 Å². The van der Waals surface area contributed by atoms with Gasteiger partial charge in [0.2, 0.25) is 0 Å². The highest BCUT2D eigenvalue weighted by Gasteiger charge is 2.10. The number of rotatable bonds is 2. The minimum Gasteiger partial charge on any atom is -0.398 e. The van der Waals surface area contributed by atoms with E-state index < -0.39 is 0 Å². The molecule has 0 atom stereocenters. The molecule has 2 nitrogen and oxygen atoms in total. The van der Waals surface area contributed by atoms with E-state index >= 15 is 0 Å². The van der Waals surface area contributed by atoms with Crippen molar-refractivity contribution in [1.29, 1.82) is 0 Å². The lowest BCUT2D eigenvalue weighted by atomic mass is 9.91. The van der Waals surface area contributed by atoms with Gasteiger partial charge in [-0.05, 0) is 55.0 Å². The van der Waals surface area contributed by atoms with Crippen LogP contribution in [0.4, 0.5) is 5.69 Å². The Balaban J connectivity index is 2.03. The van der Waals surface area contributed by atoms with Gasteiger partial charge < -0.3 is 5.73 Å². The summed E-state index contributed by atoms with van der Waals surface area (Å²) in [4.78, 5) is 4.18. The van der Waals surface area contributed by atoms with Crippen LogP contribution in [0.2, 0.25) is 0 Å². The summed E-state index contributed by atoms with van der Waals surface area (Å²) in [5.41, 5.74) is 11.9. The van der Waals surface area contributed by atoms with E-state index in [9.17, 15) is 0 Å². The van der Waals surface area contributed by atoms with Crippen molar-refractivity contribution in [2.75, 3.05) is 5.73 Å². The summed E-state index contributed by atoms with van der Waals surface area (Å²) in [5.74, 6) is 0. The lowest BCUT2D eigenvalue weighted by Crippen LogP contribution is -1.98. The van der Waals surface area contributed by atoms with Gasteiger partial charge in [-0.2, -0.15) is 0 Å². The molecule has 0 spiro atoms. The Kier molecular flexibility index (Phi) is 3.32. The van der Waals surface area contributed by atoms with Crippen molar-refractivity contribution in [2.45, 2.75) is 25.7 Å². The number of allylic oxidation sites excluding steroid dienone is 2. The first-order valence-electron chi connectivity index (χ1n) is 6.84. The first-order valence-corrected chi connectivity index (χ1v) is 6.84. The predicted molar refractivity (Wildman–Crippen MR) is 80.5 cm³/mol. The third kappa shape index (κ3) is 2.53. The van der Waals surface area contributed by atoms with E-state index in [1.807, 2.05) is 18.3 Å². The minimum atomic E-state index is 0.876. The maximum Gasteiger partial charge on any atom is 0.0390 e. The molecule has 96 valence electrons. The fourth-order valence-electron chi connectivity index (χ4n) is 2.63. The molecule has 3 rings (SSSR count). The van der Waals surface area contributed by atoms with Crippen LogP contribution in [0.25, 0.3) is 16.7 Å². The molecule has 1 aromatic carbocycles. The monoisotopic (exact) mass is 250 g/mol. The van der Waals surface area contributed by atoms with E-state index in [1.54, 1.807) is 6.20 Å². The number of pyridine rings is 1. The molecule has 2 N–H and O–H groups in total. The first kappa shape index (κ1) is 12.0. The highest BCUT2D eigenvalue weighted by Crippen LogP contribution is 2.33. The second-order valence-corrected chi connectivity index (χ2v) is 5.02. The maximum absolute atomic E-state index is 6.14. The Morgan fingerprint density at radius 1 is 1.05 bits per heavy atom. The third-order valence-corrected chi connectivity index (χ3v) is 3.69. The first-order chi connectivity index (χ1) is 9.34. The predicted octanol–water partition coefficient (Wildman–Crippen LogP) is 4.29. The number of aromatic nitrogens is 1. The summed E-state index contributed by atoms with van der Waals surface area (Å²) in [6, 6.07) is 10.3. The van der Waals surface area contributed by atoms with Gasteiger partial charge in [0.1, 0.15) is 0 Å². The van der Waals surface area contributed by atoms with Crippen LogP contribution >= 0.6 is 0 Å². The van der Waals surface area contributed by atoms with E-state index in [4.69, 9.17) is 5.73 Å². The number of hydrogen-bond acceptors (Lipinski definition) is 2. The molecule has 0 radical (unpaired) electrons. The fourth-order valence-corrected chi connectivity index (χ4v) is 2.63. The number of hydrogen-bond donors (Lipinski definition) is 1. The maximum atomic E-state index is 6.14. The molecule has 0 fully saturated rings. The number of anilines is 1. The van der Waals surface area contributed by atoms with E-state index in [-0.39, 0.29) is 0 Å². The van der Waals surface area contributed by atoms with Crippen LogP contribution < -0.4 is 5.73 Å². The lowest BCUT2D eigenvalue weighted by Gasteiger charge is -2.16. The molecule has 0 saturated carbocycles. The van der Waals surface area contributed by atoms with Crippen LogP contribution in [0.1, 0.15) is 31.2 Å². The van der Waals surface area contributed by atoms with Gasteiger partial charge in [0, 0.05) is 29.2 Å². The van der Waals surface area contributed by atoms with Crippen molar-refractivity contribution in [2.24, 2.45) is 0 Å². The molecule has 1 aliphatic carbocycles. The number of benzene rings is 1. The second-order valence-electron chi connectivity index (χ2n) is 5.02. The van der Waals surface area contributed by atoms with Crippen LogP contribution in [-0.2, 0) is 0 Å². The number of nitrogens with two attached hydrogens (primary N) is 1. The van der Waals surface area contributed by atoms with Crippen molar-refractivity contribution in [1.82, 2.24) is 4.98 Å². The van der Waals surface area contributed by atoms with Crippen LogP contribution in [0.5, 0.6) is 0 Å². The highest BCUT2D eigenvalue weighted by molar-refractivity contribution is 5.80. The van der Waals surface area contributed by atoms with Crippen molar-refractivity contribution >= 4 is 11.3 Å². The smallest absolute Gasteiger partial charge is 0.0390 e. The van der Waals surface area contributed by atoms with E-state index in [2.05, 4.69) is 29.3 Å². The van der Waals surface area contributed by atoms with Crippen LogP contribution in [0, 0.1) is 0 Å². The summed E-state index contributed by atoms with van der Waals surface area (Å²) in [6.07, 6.45) is 10.9. The molecule has 0 amide bonds. The number of nitrogens with zero attached hydrogens (tertiary/aromatic N) is 1.